The molecule has 7 heteroatoms. The number of nitrogens with zero attached hydrogens (tertiary/aromatic N) is 2. The lowest BCUT2D eigenvalue weighted by molar-refractivity contribution is 0.102. The largest absolute Gasteiger partial charge is 0.338 e. The second-order valence-corrected chi connectivity index (χ2v) is 6.20. The Labute approximate surface area is 150 Å². The van der Waals surface area contributed by atoms with Crippen LogP contribution in [0.3, 0.4) is 0 Å². The Morgan fingerprint density at radius 2 is 1.96 bits per heavy atom. The first-order chi connectivity index (χ1) is 12.7. The van der Waals surface area contributed by atoms with Crippen molar-refractivity contribution in [2.75, 3.05) is 11.9 Å². The minimum atomic E-state index is -0.215. The third-order valence-corrected chi connectivity index (χ3v) is 4.53. The molecule has 132 valence electrons. The molecule has 0 spiro atoms. The lowest BCUT2D eigenvalue weighted by Gasteiger charge is -2.15. The Morgan fingerprint density at radius 3 is 2.81 bits per heavy atom. The predicted octanol–water partition coefficient (Wildman–Crippen LogP) is 2.86. The molecule has 3 amide bonds. The number of nitrogens with one attached hydrogen (secondary N) is 3. The number of carbonyl (C=O) groups is 2. The van der Waals surface area contributed by atoms with Crippen LogP contribution in [0.5, 0.6) is 0 Å². The molecule has 1 aliphatic heterocycles. The van der Waals surface area contributed by atoms with Crippen LogP contribution in [0.15, 0.2) is 42.5 Å². The van der Waals surface area contributed by atoms with Gasteiger partial charge >= 0.3 is 6.03 Å². The minimum absolute atomic E-state index is 0.122. The number of aromatic nitrogens is 2. The van der Waals surface area contributed by atoms with Gasteiger partial charge in [0.05, 0.1) is 18.8 Å². The number of H-pyrrole nitrogens is 1. The van der Waals surface area contributed by atoms with E-state index in [0.717, 1.165) is 22.0 Å². The van der Waals surface area contributed by atoms with Gasteiger partial charge in [-0.25, -0.2) is 4.79 Å². The van der Waals surface area contributed by atoms with Crippen LogP contribution in [0.4, 0.5) is 10.6 Å². The fourth-order valence-corrected chi connectivity index (χ4v) is 3.25. The van der Waals surface area contributed by atoms with Crippen LogP contribution in [0, 0.1) is 0 Å². The smallest absolute Gasteiger partial charge is 0.318 e. The van der Waals surface area contributed by atoms with Crippen LogP contribution in [-0.2, 0) is 13.1 Å². The molecule has 1 aromatic heterocycles. The normalized spacial score (nSPS) is 12.9. The fraction of sp³-hybridized carbons (Fsp3) is 0.211. The molecule has 2 heterocycles. The highest BCUT2D eigenvalue weighted by Crippen LogP contribution is 2.28. The van der Waals surface area contributed by atoms with Crippen molar-refractivity contribution in [3.8, 4) is 0 Å². The van der Waals surface area contributed by atoms with Gasteiger partial charge in [0, 0.05) is 17.7 Å². The Morgan fingerprint density at radius 1 is 1.15 bits per heavy atom. The third kappa shape index (κ3) is 2.77. The van der Waals surface area contributed by atoms with Crippen LogP contribution in [-0.4, -0.2) is 33.6 Å². The first-order valence-electron chi connectivity index (χ1n) is 8.55. The van der Waals surface area contributed by atoms with E-state index in [4.69, 9.17) is 0 Å². The van der Waals surface area contributed by atoms with E-state index in [1.54, 1.807) is 11.0 Å². The van der Waals surface area contributed by atoms with Crippen molar-refractivity contribution in [3.05, 3.63) is 59.3 Å². The highest BCUT2D eigenvalue weighted by Gasteiger charge is 2.28. The van der Waals surface area contributed by atoms with Gasteiger partial charge in [0.25, 0.3) is 5.91 Å². The van der Waals surface area contributed by atoms with Crippen molar-refractivity contribution >= 4 is 28.5 Å². The van der Waals surface area contributed by atoms with E-state index in [2.05, 4.69) is 20.8 Å². The third-order valence-electron chi connectivity index (χ3n) is 4.53. The van der Waals surface area contributed by atoms with E-state index < -0.39 is 0 Å². The molecule has 0 unspecified atom stereocenters. The quantitative estimate of drug-likeness (QED) is 0.679. The molecule has 3 N–H and O–H groups in total. The number of rotatable bonds is 3. The van der Waals surface area contributed by atoms with Gasteiger partial charge in [0.15, 0.2) is 5.82 Å². The zero-order chi connectivity index (χ0) is 18.1. The molecule has 1 aliphatic rings. The number of benzene rings is 2. The maximum Gasteiger partial charge on any atom is 0.318 e. The number of carbonyl (C=O) groups excluding carboxylic acids is 2. The summed E-state index contributed by atoms with van der Waals surface area (Å²) >= 11 is 0. The standard InChI is InChI=1S/C19H19N5O2/c1-2-20-19(26)24-10-15-16(11-24)22-23-17(15)21-18(25)14-9-5-7-12-6-3-4-8-13(12)14/h3-9H,2,10-11H2,1H3,(H,20,26)(H2,21,22,23,25). The molecule has 0 aliphatic carbocycles. The Balaban J connectivity index is 1.56. The summed E-state index contributed by atoms with van der Waals surface area (Å²) in [4.78, 5) is 26.5. The Bertz CT molecular complexity index is 989. The average Bonchev–Trinajstić information content (AvgIpc) is 3.23. The topological polar surface area (TPSA) is 90.1 Å². The van der Waals surface area contributed by atoms with Crippen LogP contribution in [0.25, 0.3) is 10.8 Å². The van der Waals surface area contributed by atoms with Crippen molar-refractivity contribution in [1.29, 1.82) is 0 Å². The minimum Gasteiger partial charge on any atom is -0.338 e. The van der Waals surface area contributed by atoms with Gasteiger partial charge in [-0.05, 0) is 23.8 Å². The lowest BCUT2D eigenvalue weighted by atomic mass is 10.0. The molecule has 3 aromatic rings. The van der Waals surface area contributed by atoms with Crippen LogP contribution in [0.2, 0.25) is 0 Å². The van der Waals surface area contributed by atoms with Gasteiger partial charge in [-0.15, -0.1) is 0 Å². The lowest BCUT2D eigenvalue weighted by Crippen LogP contribution is -2.36. The number of urea groups is 1. The molecule has 2 aromatic carbocycles. The summed E-state index contributed by atoms with van der Waals surface area (Å²) < 4.78 is 0. The van der Waals surface area contributed by atoms with Crippen LogP contribution < -0.4 is 10.6 Å². The Hall–Kier alpha value is -3.35. The number of amides is 3. The highest BCUT2D eigenvalue weighted by molar-refractivity contribution is 6.12. The fourth-order valence-electron chi connectivity index (χ4n) is 3.25. The van der Waals surface area contributed by atoms with Crippen molar-refractivity contribution in [2.45, 2.75) is 20.0 Å². The molecular formula is C19H19N5O2. The average molecular weight is 349 g/mol. The summed E-state index contributed by atoms with van der Waals surface area (Å²) in [6, 6.07) is 13.3. The number of fused-ring (bicyclic) bond motifs is 2. The molecule has 0 bridgehead atoms. The predicted molar refractivity (Wildman–Crippen MR) is 98.8 cm³/mol. The van der Waals surface area contributed by atoms with Gasteiger partial charge < -0.3 is 15.5 Å². The van der Waals surface area contributed by atoms with Crippen molar-refractivity contribution in [1.82, 2.24) is 20.4 Å². The zero-order valence-corrected chi connectivity index (χ0v) is 14.4. The van der Waals surface area contributed by atoms with E-state index in [1.165, 1.54) is 0 Å². The molecule has 26 heavy (non-hydrogen) atoms. The summed E-state index contributed by atoms with van der Waals surface area (Å²) in [5, 5.41) is 14.7. The van der Waals surface area contributed by atoms with E-state index in [9.17, 15) is 9.59 Å². The number of anilines is 1. The van der Waals surface area contributed by atoms with Gasteiger partial charge in [0.2, 0.25) is 0 Å². The SMILES string of the molecule is CCNC(=O)N1Cc2[nH]nc(NC(=O)c3cccc4ccccc34)c2C1. The maximum absolute atomic E-state index is 12.8. The molecule has 0 saturated carbocycles. The summed E-state index contributed by atoms with van der Waals surface area (Å²) in [6.45, 7) is 3.33. The van der Waals surface area contributed by atoms with Crippen molar-refractivity contribution in [3.63, 3.8) is 0 Å². The number of hydrogen-bond donors (Lipinski definition) is 3. The summed E-state index contributed by atoms with van der Waals surface area (Å²) in [6.07, 6.45) is 0. The van der Waals surface area contributed by atoms with E-state index in [0.29, 0.717) is 31.0 Å². The van der Waals surface area contributed by atoms with Gasteiger partial charge in [0.1, 0.15) is 0 Å². The van der Waals surface area contributed by atoms with Gasteiger partial charge in [-0.3, -0.25) is 9.89 Å². The molecule has 0 fully saturated rings. The number of hydrogen-bond acceptors (Lipinski definition) is 3. The maximum atomic E-state index is 12.8. The molecule has 0 saturated heterocycles. The highest BCUT2D eigenvalue weighted by atomic mass is 16.2. The molecular weight excluding hydrogens is 330 g/mol. The van der Waals surface area contributed by atoms with Crippen LogP contribution >= 0.6 is 0 Å². The monoisotopic (exact) mass is 349 g/mol. The van der Waals surface area contributed by atoms with Crippen LogP contribution in [0.1, 0.15) is 28.5 Å². The second-order valence-electron chi connectivity index (χ2n) is 6.20. The summed E-state index contributed by atoms with van der Waals surface area (Å²) in [7, 11) is 0. The van der Waals surface area contributed by atoms with E-state index >= 15 is 0 Å². The summed E-state index contributed by atoms with van der Waals surface area (Å²) in [5.41, 5.74) is 2.30. The number of aromatic amines is 1. The first kappa shape index (κ1) is 16.1. The zero-order valence-electron chi connectivity index (χ0n) is 14.4. The molecule has 0 radical (unpaired) electrons. The Kier molecular flexibility index (Phi) is 4.04. The second kappa shape index (κ2) is 6.51. The van der Waals surface area contributed by atoms with E-state index in [-0.39, 0.29) is 11.9 Å². The first-order valence-corrected chi connectivity index (χ1v) is 8.55. The van der Waals surface area contributed by atoms with E-state index in [1.807, 2.05) is 43.3 Å². The van der Waals surface area contributed by atoms with Gasteiger partial charge in [-0.2, -0.15) is 5.10 Å². The van der Waals surface area contributed by atoms with Gasteiger partial charge in [-0.1, -0.05) is 36.4 Å². The molecule has 4 rings (SSSR count). The summed E-state index contributed by atoms with van der Waals surface area (Å²) in [5.74, 6) is 0.261. The van der Waals surface area contributed by atoms with Crippen molar-refractivity contribution in [2.24, 2.45) is 0 Å². The molecule has 7 nitrogen and oxygen atoms in total. The molecule has 0 atom stereocenters. The van der Waals surface area contributed by atoms with Crippen molar-refractivity contribution < 1.29 is 9.59 Å².